The van der Waals surface area contributed by atoms with Gasteiger partial charge in [-0.25, -0.2) is 4.98 Å². The normalized spacial score (nSPS) is 10.8. The molecule has 0 saturated heterocycles. The summed E-state index contributed by atoms with van der Waals surface area (Å²) in [5.41, 5.74) is 8.50. The van der Waals surface area contributed by atoms with E-state index in [0.29, 0.717) is 19.5 Å². The van der Waals surface area contributed by atoms with Crippen LogP contribution in [0.4, 0.5) is 0 Å². The van der Waals surface area contributed by atoms with Gasteiger partial charge in [0.15, 0.2) is 0 Å². The first-order valence-corrected chi connectivity index (χ1v) is 6.11. The Balaban J connectivity index is 1.93. The average molecular weight is 246 g/mol. The first-order valence-electron chi connectivity index (χ1n) is 6.11. The number of H-pyrrole nitrogens is 1. The third-order valence-corrected chi connectivity index (χ3v) is 2.77. The van der Waals surface area contributed by atoms with E-state index in [1.165, 1.54) is 5.56 Å². The molecule has 18 heavy (non-hydrogen) atoms. The molecule has 4 N–H and O–H groups in total. The lowest BCUT2D eigenvalue weighted by Crippen LogP contribution is -2.27. The molecule has 0 fully saturated rings. The summed E-state index contributed by atoms with van der Waals surface area (Å²) in [4.78, 5) is 18.8. The van der Waals surface area contributed by atoms with Gasteiger partial charge in [-0.15, -0.1) is 0 Å². The topological polar surface area (TPSA) is 83.8 Å². The van der Waals surface area contributed by atoms with Crippen LogP contribution < -0.4 is 11.1 Å². The molecule has 0 saturated carbocycles. The first-order chi connectivity index (χ1) is 8.69. The predicted molar refractivity (Wildman–Crippen MR) is 71.2 cm³/mol. The van der Waals surface area contributed by atoms with Crippen LogP contribution in [-0.2, 0) is 11.2 Å². The molecule has 5 heteroatoms. The van der Waals surface area contributed by atoms with Gasteiger partial charge in [-0.1, -0.05) is 6.07 Å². The van der Waals surface area contributed by atoms with Gasteiger partial charge in [-0.3, -0.25) is 4.79 Å². The van der Waals surface area contributed by atoms with Crippen molar-refractivity contribution in [3.8, 4) is 0 Å². The average Bonchev–Trinajstić information content (AvgIpc) is 2.69. The molecule has 0 spiro atoms. The fourth-order valence-corrected chi connectivity index (χ4v) is 1.91. The number of rotatable bonds is 5. The maximum Gasteiger partial charge on any atom is 0.221 e. The Kier molecular flexibility index (Phi) is 3.94. The van der Waals surface area contributed by atoms with Crippen LogP contribution in [0.3, 0.4) is 0 Å². The van der Waals surface area contributed by atoms with Crippen LogP contribution in [0.2, 0.25) is 0 Å². The Bertz CT molecular complexity index is 547. The van der Waals surface area contributed by atoms with Crippen LogP contribution in [0, 0.1) is 6.92 Å². The van der Waals surface area contributed by atoms with E-state index in [4.69, 9.17) is 5.73 Å². The molecule has 0 atom stereocenters. The number of carbonyl (C=O) groups is 1. The molecule has 0 aliphatic carbocycles. The maximum absolute atomic E-state index is 11.2. The number of carbonyl (C=O) groups excluding carboxylic acids is 1. The van der Waals surface area contributed by atoms with Crippen molar-refractivity contribution in [1.82, 2.24) is 15.3 Å². The summed E-state index contributed by atoms with van der Waals surface area (Å²) in [5, 5.41) is 2.84. The van der Waals surface area contributed by atoms with E-state index >= 15 is 0 Å². The highest BCUT2D eigenvalue weighted by Gasteiger charge is 2.02. The van der Waals surface area contributed by atoms with E-state index in [-0.39, 0.29) is 5.91 Å². The number of aromatic nitrogens is 2. The van der Waals surface area contributed by atoms with Crippen molar-refractivity contribution in [2.24, 2.45) is 5.73 Å². The molecule has 1 aromatic carbocycles. The SMILES string of the molecule is Cc1nc2ccc(CCNC(=O)CCN)cc2[nH]1. The standard InChI is InChI=1S/C13H18N4O/c1-9-16-11-3-2-10(8-12(11)17-9)5-7-15-13(18)4-6-14/h2-3,8H,4-7,14H2,1H3,(H,15,18)(H,16,17). The van der Waals surface area contributed by atoms with E-state index in [2.05, 4.69) is 21.4 Å². The van der Waals surface area contributed by atoms with Gasteiger partial charge in [0.25, 0.3) is 0 Å². The van der Waals surface area contributed by atoms with Crippen LogP contribution in [0.1, 0.15) is 17.8 Å². The summed E-state index contributed by atoms with van der Waals surface area (Å²) in [6.07, 6.45) is 1.20. The number of aromatic amines is 1. The van der Waals surface area contributed by atoms with Gasteiger partial charge in [-0.05, 0) is 31.0 Å². The predicted octanol–water partition coefficient (Wildman–Crippen LogP) is 0.879. The van der Waals surface area contributed by atoms with Crippen LogP contribution in [0.15, 0.2) is 18.2 Å². The van der Waals surface area contributed by atoms with Crippen LogP contribution in [-0.4, -0.2) is 29.0 Å². The quantitative estimate of drug-likeness (QED) is 0.732. The Labute approximate surface area is 106 Å². The summed E-state index contributed by atoms with van der Waals surface area (Å²) in [6, 6.07) is 6.11. The highest BCUT2D eigenvalue weighted by atomic mass is 16.1. The third-order valence-electron chi connectivity index (χ3n) is 2.77. The molecule has 0 aliphatic rings. The van der Waals surface area contributed by atoms with Crippen molar-refractivity contribution in [2.45, 2.75) is 19.8 Å². The van der Waals surface area contributed by atoms with Crippen molar-refractivity contribution in [3.63, 3.8) is 0 Å². The second-order valence-corrected chi connectivity index (χ2v) is 4.31. The number of fused-ring (bicyclic) bond motifs is 1. The monoisotopic (exact) mass is 246 g/mol. The molecule has 2 rings (SSSR count). The fraction of sp³-hybridized carbons (Fsp3) is 0.385. The minimum Gasteiger partial charge on any atom is -0.356 e. The van der Waals surface area contributed by atoms with Crippen molar-refractivity contribution in [2.75, 3.05) is 13.1 Å². The minimum atomic E-state index is 0.0102. The molecular weight excluding hydrogens is 228 g/mol. The minimum absolute atomic E-state index is 0.0102. The Hall–Kier alpha value is -1.88. The highest BCUT2D eigenvalue weighted by Crippen LogP contribution is 2.13. The Morgan fingerprint density at radius 1 is 1.50 bits per heavy atom. The molecule has 1 aromatic heterocycles. The Morgan fingerprint density at radius 3 is 3.11 bits per heavy atom. The lowest BCUT2D eigenvalue weighted by Gasteiger charge is -2.04. The van der Waals surface area contributed by atoms with Gasteiger partial charge >= 0.3 is 0 Å². The number of hydrogen-bond donors (Lipinski definition) is 3. The largest absolute Gasteiger partial charge is 0.356 e. The zero-order valence-electron chi connectivity index (χ0n) is 10.5. The zero-order chi connectivity index (χ0) is 13.0. The second-order valence-electron chi connectivity index (χ2n) is 4.31. The first kappa shape index (κ1) is 12.6. The smallest absolute Gasteiger partial charge is 0.221 e. The van der Waals surface area contributed by atoms with Crippen LogP contribution in [0.25, 0.3) is 11.0 Å². The van der Waals surface area contributed by atoms with E-state index in [0.717, 1.165) is 23.3 Å². The highest BCUT2D eigenvalue weighted by molar-refractivity contribution is 5.76. The molecule has 1 heterocycles. The zero-order valence-corrected chi connectivity index (χ0v) is 10.5. The van der Waals surface area contributed by atoms with Crippen LogP contribution >= 0.6 is 0 Å². The summed E-state index contributed by atoms with van der Waals surface area (Å²) >= 11 is 0. The molecule has 1 amide bonds. The van der Waals surface area contributed by atoms with Crippen LogP contribution in [0.5, 0.6) is 0 Å². The van der Waals surface area contributed by atoms with Crippen molar-refractivity contribution in [1.29, 1.82) is 0 Å². The summed E-state index contributed by atoms with van der Waals surface area (Å²) in [5.74, 6) is 0.925. The molecule has 5 nitrogen and oxygen atoms in total. The van der Waals surface area contributed by atoms with Gasteiger partial charge < -0.3 is 16.0 Å². The number of amides is 1. The third kappa shape index (κ3) is 3.07. The summed E-state index contributed by atoms with van der Waals surface area (Å²) < 4.78 is 0. The summed E-state index contributed by atoms with van der Waals surface area (Å²) in [7, 11) is 0. The van der Waals surface area contributed by atoms with Gasteiger partial charge in [-0.2, -0.15) is 0 Å². The molecular formula is C13H18N4O. The van der Waals surface area contributed by atoms with E-state index < -0.39 is 0 Å². The molecule has 2 aromatic rings. The summed E-state index contributed by atoms with van der Waals surface area (Å²) in [6.45, 7) is 2.97. The fourth-order valence-electron chi connectivity index (χ4n) is 1.91. The van der Waals surface area contributed by atoms with Gasteiger partial charge in [0.05, 0.1) is 11.0 Å². The van der Waals surface area contributed by atoms with Gasteiger partial charge in [0.1, 0.15) is 5.82 Å². The van der Waals surface area contributed by atoms with E-state index in [1.807, 2.05) is 19.1 Å². The van der Waals surface area contributed by atoms with Crippen molar-refractivity contribution < 1.29 is 4.79 Å². The number of nitrogens with one attached hydrogen (secondary N) is 2. The number of nitrogens with two attached hydrogens (primary N) is 1. The lowest BCUT2D eigenvalue weighted by atomic mass is 10.1. The van der Waals surface area contributed by atoms with Gasteiger partial charge in [0, 0.05) is 19.5 Å². The second kappa shape index (κ2) is 5.64. The number of aryl methyl sites for hydroxylation is 1. The van der Waals surface area contributed by atoms with Crippen molar-refractivity contribution >= 4 is 16.9 Å². The Morgan fingerprint density at radius 2 is 2.33 bits per heavy atom. The number of nitrogens with zero attached hydrogens (tertiary/aromatic N) is 1. The number of hydrogen-bond acceptors (Lipinski definition) is 3. The lowest BCUT2D eigenvalue weighted by molar-refractivity contribution is -0.120. The maximum atomic E-state index is 11.2. The number of imidazole rings is 1. The molecule has 0 radical (unpaired) electrons. The van der Waals surface area contributed by atoms with E-state index in [1.54, 1.807) is 0 Å². The van der Waals surface area contributed by atoms with E-state index in [9.17, 15) is 4.79 Å². The molecule has 96 valence electrons. The number of benzene rings is 1. The molecule has 0 bridgehead atoms. The molecule has 0 unspecified atom stereocenters. The van der Waals surface area contributed by atoms with Crippen molar-refractivity contribution in [3.05, 3.63) is 29.6 Å². The molecule has 0 aliphatic heterocycles. The van der Waals surface area contributed by atoms with Gasteiger partial charge in [0.2, 0.25) is 5.91 Å².